The lowest BCUT2D eigenvalue weighted by Crippen LogP contribution is -2.08. The van der Waals surface area contributed by atoms with Gasteiger partial charge in [-0.05, 0) is 24.8 Å². The summed E-state index contributed by atoms with van der Waals surface area (Å²) in [5.74, 6) is 0.875. The number of hydrogen-bond donors (Lipinski definition) is 0. The molecule has 0 amide bonds. The van der Waals surface area contributed by atoms with Crippen molar-refractivity contribution < 1.29 is 9.53 Å². The molecule has 2 rings (SSSR count). The first-order chi connectivity index (χ1) is 15.7. The van der Waals surface area contributed by atoms with Crippen molar-refractivity contribution in [1.82, 2.24) is 9.97 Å². The van der Waals surface area contributed by atoms with E-state index in [-0.39, 0.29) is 5.97 Å². The van der Waals surface area contributed by atoms with Gasteiger partial charge in [0.1, 0.15) is 0 Å². The third-order valence-electron chi connectivity index (χ3n) is 5.88. The summed E-state index contributed by atoms with van der Waals surface area (Å²) < 4.78 is 5.39. The number of carbonyl (C=O) groups is 1. The van der Waals surface area contributed by atoms with Gasteiger partial charge >= 0.3 is 5.97 Å². The van der Waals surface area contributed by atoms with Gasteiger partial charge in [-0.1, -0.05) is 109 Å². The Morgan fingerprint density at radius 1 is 0.719 bits per heavy atom. The third kappa shape index (κ3) is 10.9. The fourth-order valence-electron chi connectivity index (χ4n) is 3.86. The molecule has 0 spiro atoms. The monoisotopic (exact) mass is 438 g/mol. The van der Waals surface area contributed by atoms with Crippen molar-refractivity contribution in [1.29, 1.82) is 0 Å². The minimum absolute atomic E-state index is 0.198. The number of unbranched alkanes of at least 4 members (excludes halogenated alkanes) is 11. The molecule has 0 aliphatic carbocycles. The van der Waals surface area contributed by atoms with Crippen molar-refractivity contribution in [3.05, 3.63) is 42.2 Å². The molecule has 176 valence electrons. The first-order valence-electron chi connectivity index (χ1n) is 12.8. The molecule has 0 unspecified atom stereocenters. The number of esters is 1. The summed E-state index contributed by atoms with van der Waals surface area (Å²) >= 11 is 0. The van der Waals surface area contributed by atoms with Gasteiger partial charge in [0.25, 0.3) is 0 Å². The average Bonchev–Trinajstić information content (AvgIpc) is 2.82. The van der Waals surface area contributed by atoms with E-state index in [1.54, 1.807) is 12.4 Å². The standard InChI is InChI=1S/C28H42N2O2/c1-3-5-7-9-10-11-13-15-17-27(31)32-26-22-29-28(30-23-26)25-20-18-24(19-21-25)16-14-12-8-6-4-2/h18-23H,3-17H2,1-2H3. The zero-order valence-corrected chi connectivity index (χ0v) is 20.3. The van der Waals surface area contributed by atoms with Crippen LogP contribution in [0, 0.1) is 0 Å². The second-order valence-electron chi connectivity index (χ2n) is 8.80. The van der Waals surface area contributed by atoms with Crippen LogP contribution in [0.25, 0.3) is 11.4 Å². The SMILES string of the molecule is CCCCCCCCCCC(=O)Oc1cnc(-c2ccc(CCCCCCC)cc2)nc1. The summed E-state index contributed by atoms with van der Waals surface area (Å²) in [5.41, 5.74) is 2.34. The van der Waals surface area contributed by atoms with Crippen molar-refractivity contribution in [3.63, 3.8) is 0 Å². The highest BCUT2D eigenvalue weighted by Gasteiger charge is 2.07. The minimum atomic E-state index is -0.198. The van der Waals surface area contributed by atoms with Crippen LogP contribution in [-0.4, -0.2) is 15.9 Å². The Morgan fingerprint density at radius 3 is 1.84 bits per heavy atom. The van der Waals surface area contributed by atoms with Crippen LogP contribution in [0.5, 0.6) is 5.75 Å². The van der Waals surface area contributed by atoms with E-state index in [0.717, 1.165) is 24.8 Å². The lowest BCUT2D eigenvalue weighted by molar-refractivity contribution is -0.134. The highest BCUT2D eigenvalue weighted by atomic mass is 16.5. The Morgan fingerprint density at radius 2 is 1.25 bits per heavy atom. The van der Waals surface area contributed by atoms with Crippen LogP contribution < -0.4 is 4.74 Å². The highest BCUT2D eigenvalue weighted by Crippen LogP contribution is 2.19. The summed E-state index contributed by atoms with van der Waals surface area (Å²) in [6.45, 7) is 4.48. The molecule has 1 aromatic heterocycles. The Labute approximate surface area is 195 Å². The molecule has 4 heteroatoms. The number of nitrogens with zero attached hydrogens (tertiary/aromatic N) is 2. The Bertz CT molecular complexity index is 741. The molecular weight excluding hydrogens is 396 g/mol. The van der Waals surface area contributed by atoms with E-state index in [0.29, 0.717) is 18.0 Å². The summed E-state index contributed by atoms with van der Waals surface area (Å²) in [6, 6.07) is 8.47. The van der Waals surface area contributed by atoms with Gasteiger partial charge in [-0.3, -0.25) is 4.79 Å². The first kappa shape index (κ1) is 26.0. The van der Waals surface area contributed by atoms with E-state index in [9.17, 15) is 4.79 Å². The molecule has 1 aromatic carbocycles. The van der Waals surface area contributed by atoms with Gasteiger partial charge < -0.3 is 4.74 Å². The minimum Gasteiger partial charge on any atom is -0.423 e. The predicted molar refractivity (Wildman–Crippen MR) is 133 cm³/mol. The molecule has 1 heterocycles. The van der Waals surface area contributed by atoms with Gasteiger partial charge in [-0.2, -0.15) is 0 Å². The maximum atomic E-state index is 12.0. The second-order valence-corrected chi connectivity index (χ2v) is 8.80. The van der Waals surface area contributed by atoms with E-state index in [4.69, 9.17) is 4.74 Å². The molecule has 0 N–H and O–H groups in total. The van der Waals surface area contributed by atoms with E-state index in [1.165, 1.54) is 76.2 Å². The summed E-state index contributed by atoms with van der Waals surface area (Å²) in [7, 11) is 0. The Kier molecular flexibility index (Phi) is 13.3. The van der Waals surface area contributed by atoms with Crippen molar-refractivity contribution in [2.45, 2.75) is 110 Å². The van der Waals surface area contributed by atoms with E-state index in [2.05, 4.69) is 48.1 Å². The van der Waals surface area contributed by atoms with Crippen LogP contribution in [0.1, 0.15) is 109 Å². The molecule has 0 aliphatic rings. The number of ether oxygens (including phenoxy) is 1. The number of rotatable bonds is 17. The molecule has 4 nitrogen and oxygen atoms in total. The van der Waals surface area contributed by atoms with Crippen molar-refractivity contribution in [3.8, 4) is 17.1 Å². The zero-order valence-electron chi connectivity index (χ0n) is 20.3. The summed E-state index contributed by atoms with van der Waals surface area (Å²) in [6.07, 6.45) is 21.0. The van der Waals surface area contributed by atoms with Gasteiger partial charge in [0.15, 0.2) is 11.6 Å². The topological polar surface area (TPSA) is 52.1 Å². The molecule has 0 atom stereocenters. The first-order valence-corrected chi connectivity index (χ1v) is 12.8. The van der Waals surface area contributed by atoms with Crippen LogP contribution in [0.3, 0.4) is 0 Å². The second kappa shape index (κ2) is 16.4. The fourth-order valence-corrected chi connectivity index (χ4v) is 3.86. The molecule has 0 saturated heterocycles. The molecule has 0 saturated carbocycles. The third-order valence-corrected chi connectivity index (χ3v) is 5.88. The fraction of sp³-hybridized carbons (Fsp3) is 0.607. The van der Waals surface area contributed by atoms with Crippen LogP contribution in [0.2, 0.25) is 0 Å². The molecule has 0 radical (unpaired) electrons. The number of carbonyl (C=O) groups excluding carboxylic acids is 1. The van der Waals surface area contributed by atoms with Crippen molar-refractivity contribution in [2.24, 2.45) is 0 Å². The average molecular weight is 439 g/mol. The summed E-state index contributed by atoms with van der Waals surface area (Å²) in [4.78, 5) is 20.8. The number of benzene rings is 1. The van der Waals surface area contributed by atoms with E-state index in [1.807, 2.05) is 0 Å². The van der Waals surface area contributed by atoms with Crippen LogP contribution in [0.15, 0.2) is 36.7 Å². The molecule has 0 fully saturated rings. The Hall–Kier alpha value is -2.23. The number of aromatic nitrogens is 2. The molecular formula is C28H42N2O2. The van der Waals surface area contributed by atoms with E-state index >= 15 is 0 Å². The zero-order chi connectivity index (χ0) is 22.9. The van der Waals surface area contributed by atoms with Crippen LogP contribution in [-0.2, 0) is 11.2 Å². The van der Waals surface area contributed by atoms with Crippen LogP contribution in [0.4, 0.5) is 0 Å². The quantitative estimate of drug-likeness (QED) is 0.185. The van der Waals surface area contributed by atoms with Gasteiger partial charge in [0.05, 0.1) is 12.4 Å². The van der Waals surface area contributed by atoms with Gasteiger partial charge in [0, 0.05) is 12.0 Å². The molecule has 32 heavy (non-hydrogen) atoms. The smallest absolute Gasteiger partial charge is 0.311 e. The van der Waals surface area contributed by atoms with E-state index < -0.39 is 0 Å². The number of hydrogen-bond acceptors (Lipinski definition) is 4. The number of aryl methyl sites for hydroxylation is 1. The molecule has 0 bridgehead atoms. The van der Waals surface area contributed by atoms with Crippen molar-refractivity contribution >= 4 is 5.97 Å². The van der Waals surface area contributed by atoms with Crippen molar-refractivity contribution in [2.75, 3.05) is 0 Å². The molecule has 0 aliphatic heterocycles. The Balaban J connectivity index is 1.67. The predicted octanol–water partition coefficient (Wildman–Crippen LogP) is 8.09. The normalized spacial score (nSPS) is 10.9. The van der Waals surface area contributed by atoms with Gasteiger partial charge in [0.2, 0.25) is 0 Å². The lowest BCUT2D eigenvalue weighted by atomic mass is 10.0. The maximum absolute atomic E-state index is 12.0. The lowest BCUT2D eigenvalue weighted by Gasteiger charge is -2.06. The van der Waals surface area contributed by atoms with Gasteiger partial charge in [-0.25, -0.2) is 9.97 Å². The van der Waals surface area contributed by atoms with Crippen LogP contribution >= 0.6 is 0 Å². The van der Waals surface area contributed by atoms with Gasteiger partial charge in [-0.15, -0.1) is 0 Å². The largest absolute Gasteiger partial charge is 0.423 e. The molecule has 2 aromatic rings. The summed E-state index contributed by atoms with van der Waals surface area (Å²) in [5, 5.41) is 0. The highest BCUT2D eigenvalue weighted by molar-refractivity contribution is 5.72. The maximum Gasteiger partial charge on any atom is 0.311 e.